The van der Waals surface area contributed by atoms with E-state index in [1.165, 1.54) is 16.9 Å². The van der Waals surface area contributed by atoms with Gasteiger partial charge < -0.3 is 11.1 Å². The van der Waals surface area contributed by atoms with Crippen molar-refractivity contribution in [3.63, 3.8) is 0 Å². The van der Waals surface area contributed by atoms with E-state index in [-0.39, 0.29) is 5.91 Å². The highest BCUT2D eigenvalue weighted by molar-refractivity contribution is 7.20. The van der Waals surface area contributed by atoms with Gasteiger partial charge in [-0.05, 0) is 44.5 Å². The van der Waals surface area contributed by atoms with Crippen molar-refractivity contribution in [3.05, 3.63) is 46.5 Å². The Morgan fingerprint density at radius 2 is 2.08 bits per heavy atom. The first-order chi connectivity index (χ1) is 11.6. The van der Waals surface area contributed by atoms with Crippen molar-refractivity contribution in [2.45, 2.75) is 26.7 Å². The highest BCUT2D eigenvalue weighted by Crippen LogP contribution is 2.31. The molecule has 3 rings (SSSR count). The number of amides is 1. The first-order valence-electron chi connectivity index (χ1n) is 8.20. The van der Waals surface area contributed by atoms with Crippen molar-refractivity contribution in [2.75, 3.05) is 13.1 Å². The molecule has 0 fully saturated rings. The Labute approximate surface area is 145 Å². The van der Waals surface area contributed by atoms with Gasteiger partial charge >= 0.3 is 0 Å². The lowest BCUT2D eigenvalue weighted by Crippen LogP contribution is -2.25. The number of thiophene rings is 1. The van der Waals surface area contributed by atoms with Crippen LogP contribution in [0.3, 0.4) is 0 Å². The van der Waals surface area contributed by atoms with Crippen LogP contribution in [0.25, 0.3) is 15.9 Å². The van der Waals surface area contributed by atoms with Gasteiger partial charge in [0.2, 0.25) is 0 Å². The molecule has 2 heterocycles. The van der Waals surface area contributed by atoms with Crippen molar-refractivity contribution in [2.24, 2.45) is 5.73 Å². The van der Waals surface area contributed by atoms with Crippen LogP contribution in [-0.4, -0.2) is 28.8 Å². The Hall–Kier alpha value is -2.18. The van der Waals surface area contributed by atoms with Gasteiger partial charge in [-0.3, -0.25) is 4.79 Å². The number of nitrogens with two attached hydrogens (primary N) is 1. The van der Waals surface area contributed by atoms with Gasteiger partial charge in [0.05, 0.1) is 16.3 Å². The minimum Gasteiger partial charge on any atom is -0.351 e. The highest BCUT2D eigenvalue weighted by atomic mass is 32.1. The summed E-state index contributed by atoms with van der Waals surface area (Å²) in [4.78, 5) is 14.0. The number of rotatable bonds is 6. The molecule has 0 unspecified atom stereocenters. The molecule has 0 saturated carbocycles. The lowest BCUT2D eigenvalue weighted by atomic mass is 10.2. The molecular formula is C18H22N4OS. The maximum absolute atomic E-state index is 12.3. The van der Waals surface area contributed by atoms with Crippen LogP contribution in [0.4, 0.5) is 0 Å². The molecule has 1 aromatic carbocycles. The number of fused-ring (bicyclic) bond motifs is 1. The van der Waals surface area contributed by atoms with E-state index < -0.39 is 0 Å². The summed E-state index contributed by atoms with van der Waals surface area (Å²) in [5, 5.41) is 8.70. The van der Waals surface area contributed by atoms with Crippen LogP contribution in [0.15, 0.2) is 30.3 Å². The summed E-state index contributed by atoms with van der Waals surface area (Å²) in [7, 11) is 0. The molecule has 1 amide bonds. The third-order valence-corrected chi connectivity index (χ3v) is 5.05. The predicted octanol–water partition coefficient (Wildman–Crippen LogP) is 3.04. The summed E-state index contributed by atoms with van der Waals surface area (Å²) in [5.41, 5.74) is 8.72. The van der Waals surface area contributed by atoms with Gasteiger partial charge in [0, 0.05) is 11.9 Å². The summed E-state index contributed by atoms with van der Waals surface area (Å²) >= 11 is 1.48. The fourth-order valence-corrected chi connectivity index (χ4v) is 3.66. The molecule has 2 aromatic heterocycles. The molecule has 0 aliphatic carbocycles. The number of hydrogen-bond donors (Lipinski definition) is 2. The quantitative estimate of drug-likeness (QED) is 0.676. The van der Waals surface area contributed by atoms with E-state index in [4.69, 9.17) is 10.8 Å². The van der Waals surface area contributed by atoms with Crippen molar-refractivity contribution in [1.82, 2.24) is 15.1 Å². The van der Waals surface area contributed by atoms with Gasteiger partial charge in [0.1, 0.15) is 4.83 Å². The largest absolute Gasteiger partial charge is 0.351 e. The number of nitrogens with one attached hydrogen (secondary N) is 1. The molecule has 0 radical (unpaired) electrons. The summed E-state index contributed by atoms with van der Waals surface area (Å²) in [6.07, 6.45) is 1.62. The van der Waals surface area contributed by atoms with Crippen molar-refractivity contribution >= 4 is 27.5 Å². The maximum atomic E-state index is 12.3. The Morgan fingerprint density at radius 1 is 1.33 bits per heavy atom. The van der Waals surface area contributed by atoms with Crippen LogP contribution in [0, 0.1) is 6.92 Å². The topological polar surface area (TPSA) is 72.9 Å². The average Bonchev–Trinajstić information content (AvgIpc) is 3.15. The third-order valence-electron chi connectivity index (χ3n) is 3.94. The summed E-state index contributed by atoms with van der Waals surface area (Å²) in [5.74, 6) is -0.0397. The number of hydrogen-bond acceptors (Lipinski definition) is 4. The van der Waals surface area contributed by atoms with Crippen LogP contribution in [0.2, 0.25) is 0 Å². The van der Waals surface area contributed by atoms with E-state index in [2.05, 4.69) is 43.4 Å². The van der Waals surface area contributed by atoms with Crippen LogP contribution in [-0.2, 0) is 6.42 Å². The fraction of sp³-hybridized carbons (Fsp3) is 0.333. The highest BCUT2D eigenvalue weighted by Gasteiger charge is 2.17. The zero-order chi connectivity index (χ0) is 17.1. The number of benzene rings is 1. The number of aryl methyl sites for hydroxylation is 2. The first kappa shape index (κ1) is 16.7. The average molecular weight is 342 g/mol. The zero-order valence-electron chi connectivity index (χ0n) is 14.0. The predicted molar refractivity (Wildman–Crippen MR) is 99.1 cm³/mol. The molecule has 0 aliphatic heterocycles. The van der Waals surface area contributed by atoms with Crippen molar-refractivity contribution in [3.8, 4) is 5.69 Å². The van der Waals surface area contributed by atoms with Gasteiger partial charge in [-0.2, -0.15) is 5.10 Å². The second-order valence-electron chi connectivity index (χ2n) is 5.78. The van der Waals surface area contributed by atoms with Crippen LogP contribution in [0.1, 0.15) is 34.3 Å². The molecule has 3 aromatic rings. The Balaban J connectivity index is 1.99. The lowest BCUT2D eigenvalue weighted by molar-refractivity contribution is 0.0957. The SMILES string of the molecule is CCc1nn(-c2ccc(C)cc2)c2sc(C(=O)NCCCN)cc12. The normalized spacial score (nSPS) is 11.1. The minimum absolute atomic E-state index is 0.0397. The molecule has 3 N–H and O–H groups in total. The van der Waals surface area contributed by atoms with E-state index in [1.54, 1.807) is 0 Å². The fourth-order valence-electron chi connectivity index (χ4n) is 2.59. The number of carbonyl (C=O) groups excluding carboxylic acids is 1. The summed E-state index contributed by atoms with van der Waals surface area (Å²) in [6.45, 7) is 5.33. The molecule has 24 heavy (non-hydrogen) atoms. The number of nitrogens with zero attached hydrogens (tertiary/aromatic N) is 2. The van der Waals surface area contributed by atoms with Gasteiger partial charge in [-0.25, -0.2) is 4.68 Å². The van der Waals surface area contributed by atoms with Gasteiger partial charge in [-0.15, -0.1) is 11.3 Å². The van der Waals surface area contributed by atoms with E-state index in [0.29, 0.717) is 13.1 Å². The summed E-state index contributed by atoms with van der Waals surface area (Å²) in [6, 6.07) is 10.2. The summed E-state index contributed by atoms with van der Waals surface area (Å²) < 4.78 is 1.94. The lowest BCUT2D eigenvalue weighted by Gasteiger charge is -2.03. The van der Waals surface area contributed by atoms with Crippen LogP contribution in [0.5, 0.6) is 0 Å². The first-order valence-corrected chi connectivity index (χ1v) is 9.02. The molecule has 0 aliphatic rings. The second kappa shape index (κ2) is 7.15. The smallest absolute Gasteiger partial charge is 0.261 e. The molecular weight excluding hydrogens is 320 g/mol. The van der Waals surface area contributed by atoms with Gasteiger partial charge in [-0.1, -0.05) is 24.6 Å². The van der Waals surface area contributed by atoms with Gasteiger partial charge in [0.25, 0.3) is 5.91 Å². The number of aromatic nitrogens is 2. The standard InChI is InChI=1S/C18H22N4OS/c1-3-15-14-11-16(17(23)20-10-4-9-19)24-18(14)22(21-15)13-7-5-12(2)6-8-13/h5-8,11H,3-4,9-10,19H2,1-2H3,(H,20,23). The molecule has 0 atom stereocenters. The Bertz CT molecular complexity index is 848. The second-order valence-corrected chi connectivity index (χ2v) is 6.81. The molecule has 0 saturated heterocycles. The minimum atomic E-state index is -0.0397. The van der Waals surface area contributed by atoms with E-state index in [0.717, 1.165) is 39.3 Å². The van der Waals surface area contributed by atoms with Crippen molar-refractivity contribution < 1.29 is 4.79 Å². The molecule has 6 heteroatoms. The van der Waals surface area contributed by atoms with Crippen LogP contribution < -0.4 is 11.1 Å². The van der Waals surface area contributed by atoms with Crippen molar-refractivity contribution in [1.29, 1.82) is 0 Å². The molecule has 0 spiro atoms. The Morgan fingerprint density at radius 3 is 2.75 bits per heavy atom. The molecule has 5 nitrogen and oxygen atoms in total. The monoisotopic (exact) mass is 342 g/mol. The third kappa shape index (κ3) is 3.20. The van der Waals surface area contributed by atoms with Crippen LogP contribution >= 0.6 is 11.3 Å². The molecule has 0 bridgehead atoms. The van der Waals surface area contributed by atoms with Gasteiger partial charge in [0.15, 0.2) is 0 Å². The number of carbonyl (C=O) groups is 1. The van der Waals surface area contributed by atoms with E-state index >= 15 is 0 Å². The maximum Gasteiger partial charge on any atom is 0.261 e. The molecule has 126 valence electrons. The zero-order valence-corrected chi connectivity index (χ0v) is 14.8. The Kier molecular flexibility index (Phi) is 4.97. The van der Waals surface area contributed by atoms with E-state index in [9.17, 15) is 4.79 Å². The van der Waals surface area contributed by atoms with E-state index in [1.807, 2.05) is 10.7 Å².